The summed E-state index contributed by atoms with van der Waals surface area (Å²) in [6, 6.07) is 12.5. The Morgan fingerprint density at radius 1 is 1.17 bits per heavy atom. The van der Waals surface area contributed by atoms with Crippen LogP contribution in [0.3, 0.4) is 0 Å². The number of para-hydroxylation sites is 1. The summed E-state index contributed by atoms with van der Waals surface area (Å²) in [5.74, 6) is 0. The number of nitrogens with zero attached hydrogens (tertiary/aromatic N) is 2. The standard InChI is InChI=1S/C14H19N3.ClH/c1-15-9-10-17(2)11-13-8-7-12-5-3-4-6-14(12)16-13;/h3-8,15H,9-11H2,1-2H3;1H. The van der Waals surface area contributed by atoms with Gasteiger partial charge in [-0.1, -0.05) is 24.3 Å². The van der Waals surface area contributed by atoms with E-state index in [4.69, 9.17) is 0 Å². The summed E-state index contributed by atoms with van der Waals surface area (Å²) >= 11 is 0. The number of nitrogens with one attached hydrogen (secondary N) is 1. The Bertz CT molecular complexity index is 487. The van der Waals surface area contributed by atoms with E-state index in [9.17, 15) is 0 Å². The van der Waals surface area contributed by atoms with Crippen molar-refractivity contribution in [1.82, 2.24) is 15.2 Å². The molecule has 1 aromatic heterocycles. The maximum atomic E-state index is 4.66. The zero-order chi connectivity index (χ0) is 12.1. The van der Waals surface area contributed by atoms with Crippen LogP contribution >= 0.6 is 12.4 Å². The summed E-state index contributed by atoms with van der Waals surface area (Å²) in [5.41, 5.74) is 2.20. The van der Waals surface area contributed by atoms with Crippen molar-refractivity contribution in [3.63, 3.8) is 0 Å². The van der Waals surface area contributed by atoms with Gasteiger partial charge in [-0.2, -0.15) is 0 Å². The van der Waals surface area contributed by atoms with Crippen LogP contribution in [0.2, 0.25) is 0 Å². The first-order chi connectivity index (χ1) is 8.29. The number of benzene rings is 1. The molecule has 0 unspecified atom stereocenters. The molecule has 2 rings (SSSR count). The zero-order valence-electron chi connectivity index (χ0n) is 10.9. The first kappa shape index (κ1) is 14.9. The number of fused-ring (bicyclic) bond motifs is 1. The summed E-state index contributed by atoms with van der Waals surface area (Å²) in [5, 5.41) is 4.35. The number of pyridine rings is 1. The molecule has 0 atom stereocenters. The molecule has 0 aliphatic heterocycles. The van der Waals surface area contributed by atoms with Gasteiger partial charge in [0.05, 0.1) is 11.2 Å². The second-order valence-electron chi connectivity index (χ2n) is 4.34. The monoisotopic (exact) mass is 265 g/mol. The van der Waals surface area contributed by atoms with Crippen LogP contribution in [0.15, 0.2) is 36.4 Å². The first-order valence-electron chi connectivity index (χ1n) is 5.97. The molecule has 0 aliphatic carbocycles. The van der Waals surface area contributed by atoms with Crippen molar-refractivity contribution in [3.8, 4) is 0 Å². The number of likely N-dealkylation sites (N-methyl/N-ethyl adjacent to an activating group) is 2. The van der Waals surface area contributed by atoms with Gasteiger partial charge in [-0.3, -0.25) is 9.88 Å². The molecule has 0 amide bonds. The Balaban J connectivity index is 0.00000162. The number of aromatic nitrogens is 1. The molecule has 1 heterocycles. The maximum absolute atomic E-state index is 4.66. The summed E-state index contributed by atoms with van der Waals surface area (Å²) in [7, 11) is 4.09. The van der Waals surface area contributed by atoms with Crippen LogP contribution in [-0.2, 0) is 6.54 Å². The second-order valence-corrected chi connectivity index (χ2v) is 4.34. The summed E-state index contributed by atoms with van der Waals surface area (Å²) in [6.45, 7) is 2.93. The minimum Gasteiger partial charge on any atom is -0.318 e. The van der Waals surface area contributed by atoms with Gasteiger partial charge < -0.3 is 5.32 Å². The topological polar surface area (TPSA) is 28.2 Å². The zero-order valence-corrected chi connectivity index (χ0v) is 11.7. The average Bonchev–Trinajstić information content (AvgIpc) is 2.36. The number of hydrogen-bond donors (Lipinski definition) is 1. The van der Waals surface area contributed by atoms with Crippen LogP contribution in [0.4, 0.5) is 0 Å². The molecular formula is C14H20ClN3. The highest BCUT2D eigenvalue weighted by Gasteiger charge is 2.02. The van der Waals surface area contributed by atoms with Crippen LogP contribution in [0.5, 0.6) is 0 Å². The fraction of sp³-hybridized carbons (Fsp3) is 0.357. The Morgan fingerprint density at radius 3 is 2.72 bits per heavy atom. The molecule has 18 heavy (non-hydrogen) atoms. The van der Waals surface area contributed by atoms with Gasteiger partial charge >= 0.3 is 0 Å². The van der Waals surface area contributed by atoms with E-state index in [1.165, 1.54) is 5.39 Å². The lowest BCUT2D eigenvalue weighted by molar-refractivity contribution is 0.324. The van der Waals surface area contributed by atoms with Crippen LogP contribution in [0.25, 0.3) is 10.9 Å². The Morgan fingerprint density at radius 2 is 1.94 bits per heavy atom. The minimum absolute atomic E-state index is 0. The average molecular weight is 266 g/mol. The molecule has 1 aromatic carbocycles. The van der Waals surface area contributed by atoms with Crippen molar-refractivity contribution in [2.75, 3.05) is 27.2 Å². The highest BCUT2D eigenvalue weighted by molar-refractivity contribution is 5.85. The summed E-state index contributed by atoms with van der Waals surface area (Å²) in [4.78, 5) is 6.93. The molecule has 1 N–H and O–H groups in total. The van der Waals surface area contributed by atoms with E-state index in [-0.39, 0.29) is 12.4 Å². The summed E-state index contributed by atoms with van der Waals surface area (Å²) in [6.07, 6.45) is 0. The van der Waals surface area contributed by atoms with Gasteiger partial charge in [-0.25, -0.2) is 0 Å². The van der Waals surface area contributed by atoms with Crippen molar-refractivity contribution >= 4 is 23.3 Å². The third-order valence-corrected chi connectivity index (χ3v) is 2.83. The Kier molecular flexibility index (Phi) is 6.05. The predicted octanol–water partition coefficient (Wildman–Crippen LogP) is 2.31. The van der Waals surface area contributed by atoms with Crippen LogP contribution < -0.4 is 5.32 Å². The maximum Gasteiger partial charge on any atom is 0.0705 e. The molecule has 0 saturated heterocycles. The smallest absolute Gasteiger partial charge is 0.0705 e. The molecule has 0 bridgehead atoms. The molecule has 2 aromatic rings. The lowest BCUT2D eigenvalue weighted by atomic mass is 10.2. The Hall–Kier alpha value is -1.16. The van der Waals surface area contributed by atoms with Gasteiger partial charge in [-0.05, 0) is 26.2 Å². The van der Waals surface area contributed by atoms with Gasteiger partial charge in [0, 0.05) is 25.0 Å². The van der Waals surface area contributed by atoms with E-state index in [1.807, 2.05) is 19.2 Å². The van der Waals surface area contributed by atoms with Gasteiger partial charge in [-0.15, -0.1) is 12.4 Å². The molecule has 4 heteroatoms. The van der Waals surface area contributed by atoms with E-state index in [0.717, 1.165) is 30.8 Å². The van der Waals surface area contributed by atoms with Gasteiger partial charge in [0.15, 0.2) is 0 Å². The quantitative estimate of drug-likeness (QED) is 0.899. The lowest BCUT2D eigenvalue weighted by Crippen LogP contribution is -2.27. The molecule has 0 fully saturated rings. The predicted molar refractivity (Wildman–Crippen MR) is 79.3 cm³/mol. The van der Waals surface area contributed by atoms with Crippen molar-refractivity contribution in [2.45, 2.75) is 6.54 Å². The number of rotatable bonds is 5. The van der Waals surface area contributed by atoms with Crippen LogP contribution in [0.1, 0.15) is 5.69 Å². The normalized spacial score (nSPS) is 10.6. The fourth-order valence-corrected chi connectivity index (χ4v) is 1.85. The van der Waals surface area contributed by atoms with Crippen LogP contribution in [0, 0.1) is 0 Å². The van der Waals surface area contributed by atoms with E-state index in [0.29, 0.717) is 0 Å². The van der Waals surface area contributed by atoms with Crippen LogP contribution in [-0.4, -0.2) is 37.1 Å². The molecule has 0 radical (unpaired) electrons. The third kappa shape index (κ3) is 3.95. The second kappa shape index (κ2) is 7.31. The fourth-order valence-electron chi connectivity index (χ4n) is 1.85. The van der Waals surface area contributed by atoms with Crippen molar-refractivity contribution < 1.29 is 0 Å². The molecule has 3 nitrogen and oxygen atoms in total. The van der Waals surface area contributed by atoms with E-state index >= 15 is 0 Å². The largest absolute Gasteiger partial charge is 0.318 e. The summed E-state index contributed by atoms with van der Waals surface area (Å²) < 4.78 is 0. The van der Waals surface area contributed by atoms with Gasteiger partial charge in [0.2, 0.25) is 0 Å². The third-order valence-electron chi connectivity index (χ3n) is 2.83. The highest BCUT2D eigenvalue weighted by Crippen LogP contribution is 2.12. The first-order valence-corrected chi connectivity index (χ1v) is 5.97. The van der Waals surface area contributed by atoms with Gasteiger partial charge in [0.1, 0.15) is 0 Å². The molecule has 0 aliphatic rings. The van der Waals surface area contributed by atoms with Crippen molar-refractivity contribution in [2.24, 2.45) is 0 Å². The van der Waals surface area contributed by atoms with E-state index < -0.39 is 0 Å². The minimum atomic E-state index is 0. The number of hydrogen-bond acceptors (Lipinski definition) is 3. The van der Waals surface area contributed by atoms with E-state index in [2.05, 4.69) is 46.5 Å². The molecule has 0 spiro atoms. The van der Waals surface area contributed by atoms with E-state index in [1.54, 1.807) is 0 Å². The molecule has 0 saturated carbocycles. The van der Waals surface area contributed by atoms with Crippen molar-refractivity contribution in [1.29, 1.82) is 0 Å². The lowest BCUT2D eigenvalue weighted by Gasteiger charge is -2.15. The number of halogens is 1. The SMILES string of the molecule is CNCCN(C)Cc1ccc2ccccc2n1.Cl. The highest BCUT2D eigenvalue weighted by atomic mass is 35.5. The molecular weight excluding hydrogens is 246 g/mol. The van der Waals surface area contributed by atoms with Crippen molar-refractivity contribution in [3.05, 3.63) is 42.1 Å². The molecule has 98 valence electrons. The Labute approximate surface area is 115 Å². The van der Waals surface area contributed by atoms with Gasteiger partial charge in [0.25, 0.3) is 0 Å².